The second-order valence-electron chi connectivity index (χ2n) is 9.62. The highest BCUT2D eigenvalue weighted by molar-refractivity contribution is 9.09. The van der Waals surface area contributed by atoms with Crippen LogP contribution in [0.1, 0.15) is 41.5 Å². The van der Waals surface area contributed by atoms with Crippen LogP contribution in [0.25, 0.3) is 0 Å². The molecule has 2 rings (SSSR count). The maximum absolute atomic E-state index is 12.3. The summed E-state index contributed by atoms with van der Waals surface area (Å²) in [6.07, 6.45) is -12.9. The van der Waals surface area contributed by atoms with Gasteiger partial charge in [-0.15, -0.1) is 0 Å². The van der Waals surface area contributed by atoms with Crippen LogP contribution in [0, 0.1) is 0 Å². The molecule has 43 heavy (non-hydrogen) atoms. The molecule has 2 saturated heterocycles. The highest BCUT2D eigenvalue weighted by atomic mass is 79.9. The van der Waals surface area contributed by atoms with Gasteiger partial charge in [0.25, 0.3) is 5.91 Å². The van der Waals surface area contributed by atoms with E-state index in [1.807, 2.05) is 0 Å². The van der Waals surface area contributed by atoms with E-state index in [0.29, 0.717) is 0 Å². The second kappa shape index (κ2) is 15.9. The summed E-state index contributed by atoms with van der Waals surface area (Å²) in [6.45, 7) is 6.02. The number of carbonyl (C=O) groups is 7. The van der Waals surface area contributed by atoms with Crippen LogP contribution in [0.3, 0.4) is 0 Å². The number of esters is 5. The zero-order chi connectivity index (χ0) is 32.6. The number of ether oxygens (including phenoxy) is 8. The van der Waals surface area contributed by atoms with Gasteiger partial charge < -0.3 is 48.9 Å². The first kappa shape index (κ1) is 35.8. The van der Waals surface area contributed by atoms with Crippen molar-refractivity contribution in [1.29, 1.82) is 0 Å². The van der Waals surface area contributed by atoms with Crippen LogP contribution in [0.5, 0.6) is 0 Å². The van der Waals surface area contributed by atoms with Gasteiger partial charge in [0.05, 0.1) is 6.10 Å². The van der Waals surface area contributed by atoms with Crippen LogP contribution in [-0.2, 0) is 71.5 Å². The molecule has 0 bridgehead atoms. The van der Waals surface area contributed by atoms with E-state index in [0.717, 1.165) is 41.5 Å². The number of alkyl halides is 1. The molecule has 2 aliphatic heterocycles. The van der Waals surface area contributed by atoms with E-state index >= 15 is 0 Å². The van der Waals surface area contributed by atoms with Crippen LogP contribution >= 0.6 is 15.9 Å². The van der Waals surface area contributed by atoms with Gasteiger partial charge in [-0.3, -0.25) is 33.6 Å². The predicted molar refractivity (Wildman–Crippen MR) is 142 cm³/mol. The summed E-state index contributed by atoms with van der Waals surface area (Å²) in [5, 5.41) is 2.50. The van der Waals surface area contributed by atoms with E-state index in [4.69, 9.17) is 43.6 Å². The Balaban J connectivity index is 2.65. The van der Waals surface area contributed by atoms with Gasteiger partial charge in [-0.2, -0.15) is 0 Å². The zero-order valence-electron chi connectivity index (χ0n) is 24.3. The number of nitrogens with two attached hydrogens (primary N) is 1. The first-order valence-corrected chi connectivity index (χ1v) is 14.1. The summed E-state index contributed by atoms with van der Waals surface area (Å²) < 4.78 is 44.6. The number of carbonyl (C=O) groups excluding carboxylic acids is 7. The van der Waals surface area contributed by atoms with Gasteiger partial charge in [-0.1, -0.05) is 15.9 Å². The highest BCUT2D eigenvalue weighted by Crippen LogP contribution is 2.34. The molecule has 0 aromatic rings. The van der Waals surface area contributed by atoms with Crippen LogP contribution in [0.4, 0.5) is 0 Å². The Labute approximate surface area is 254 Å². The number of halogens is 1. The van der Waals surface area contributed by atoms with Gasteiger partial charge in [-0.05, 0) is 0 Å². The van der Waals surface area contributed by atoms with E-state index in [1.54, 1.807) is 0 Å². The molecular formula is C25H35BrN2O15. The fourth-order valence-electron chi connectivity index (χ4n) is 4.64. The van der Waals surface area contributed by atoms with Gasteiger partial charge in [0.2, 0.25) is 5.91 Å². The summed E-state index contributed by atoms with van der Waals surface area (Å²) in [5.41, 5.74) is 5.49. The van der Waals surface area contributed by atoms with Gasteiger partial charge in [-0.25, -0.2) is 0 Å². The molecule has 10 atom stereocenters. The standard InChI is InChI=1S/C25H35BrN2O15/c1-9(29)28-17-20(38-12(4)32)19(37-11(3)31)16(8-36-10(2)30)42-25(17)43-18-15(7-26)41-23(24(27)35)22(40-14(6)34)21(18)39-13(5)33/h15-23,25H,7-8H2,1-6H3,(H2,27,35)(H,28,29)/t15-,16-,17-,18+,19-,20-,21-,22-,23+,25+/m1/s1. The number of hydrogen-bond donors (Lipinski definition) is 2. The van der Waals surface area contributed by atoms with Crippen LogP contribution in [0.2, 0.25) is 0 Å². The van der Waals surface area contributed by atoms with Crippen molar-refractivity contribution >= 4 is 57.6 Å². The minimum absolute atomic E-state index is 0.0378. The van der Waals surface area contributed by atoms with E-state index in [-0.39, 0.29) is 5.33 Å². The molecule has 3 N–H and O–H groups in total. The van der Waals surface area contributed by atoms with Crippen LogP contribution in [-0.4, -0.2) is 115 Å². The van der Waals surface area contributed by atoms with Crippen LogP contribution in [0.15, 0.2) is 0 Å². The molecule has 0 aromatic heterocycles. The van der Waals surface area contributed by atoms with Gasteiger partial charge >= 0.3 is 29.8 Å². The molecule has 0 aromatic carbocycles. The average Bonchev–Trinajstić information content (AvgIpc) is 2.86. The third kappa shape index (κ3) is 10.1. The number of primary amides is 1. The Kier molecular flexibility index (Phi) is 13.3. The lowest BCUT2D eigenvalue weighted by Gasteiger charge is -2.49. The first-order valence-electron chi connectivity index (χ1n) is 13.0. The number of nitrogens with one attached hydrogen (secondary N) is 1. The van der Waals surface area contributed by atoms with E-state index in [2.05, 4.69) is 21.2 Å². The van der Waals surface area contributed by atoms with Gasteiger partial charge in [0.1, 0.15) is 24.9 Å². The molecule has 0 unspecified atom stereocenters. The lowest BCUT2D eigenvalue weighted by atomic mass is 9.93. The molecular weight excluding hydrogens is 648 g/mol. The van der Waals surface area contributed by atoms with Crippen molar-refractivity contribution in [3.05, 3.63) is 0 Å². The van der Waals surface area contributed by atoms with E-state index in [9.17, 15) is 33.6 Å². The normalized spacial score (nSPS) is 32.0. The summed E-state index contributed by atoms with van der Waals surface area (Å²) >= 11 is 3.25. The third-order valence-electron chi connectivity index (χ3n) is 6.03. The molecule has 0 saturated carbocycles. The van der Waals surface area contributed by atoms with Gasteiger partial charge in [0, 0.05) is 46.9 Å². The Morgan fingerprint density at radius 1 is 0.674 bits per heavy atom. The summed E-state index contributed by atoms with van der Waals surface area (Å²) in [5.74, 6) is -5.74. The minimum atomic E-state index is -1.60. The molecule has 18 heteroatoms. The predicted octanol–water partition coefficient (Wildman–Crippen LogP) is -1.46. The molecule has 2 fully saturated rings. The van der Waals surface area contributed by atoms with Crippen molar-refractivity contribution in [2.75, 3.05) is 11.9 Å². The molecule has 0 spiro atoms. The fraction of sp³-hybridized carbons (Fsp3) is 0.720. The Morgan fingerprint density at radius 3 is 1.65 bits per heavy atom. The van der Waals surface area contributed by atoms with Gasteiger partial charge in [0.15, 0.2) is 36.8 Å². The van der Waals surface area contributed by atoms with Crippen LogP contribution < -0.4 is 11.1 Å². The maximum Gasteiger partial charge on any atom is 0.303 e. The monoisotopic (exact) mass is 682 g/mol. The smallest absolute Gasteiger partial charge is 0.303 e. The molecule has 2 aliphatic rings. The van der Waals surface area contributed by atoms with Crippen molar-refractivity contribution in [3.8, 4) is 0 Å². The Hall–Kier alpha value is -3.35. The molecule has 0 radical (unpaired) electrons. The highest BCUT2D eigenvalue weighted by Gasteiger charge is 2.57. The summed E-state index contributed by atoms with van der Waals surface area (Å²) in [4.78, 5) is 84.4. The molecule has 0 aliphatic carbocycles. The molecule has 2 amide bonds. The zero-order valence-corrected chi connectivity index (χ0v) is 25.9. The lowest BCUT2D eigenvalue weighted by molar-refractivity contribution is -0.319. The minimum Gasteiger partial charge on any atom is -0.463 e. The fourth-order valence-corrected chi connectivity index (χ4v) is 5.16. The largest absolute Gasteiger partial charge is 0.463 e. The number of amides is 2. The number of rotatable bonds is 11. The van der Waals surface area contributed by atoms with Crippen molar-refractivity contribution in [3.63, 3.8) is 0 Å². The van der Waals surface area contributed by atoms with Crippen molar-refractivity contribution in [2.24, 2.45) is 5.73 Å². The van der Waals surface area contributed by atoms with Crippen molar-refractivity contribution in [1.82, 2.24) is 5.32 Å². The number of hydrogen-bond acceptors (Lipinski definition) is 15. The third-order valence-corrected chi connectivity index (χ3v) is 6.67. The molecule has 17 nitrogen and oxygen atoms in total. The quantitative estimate of drug-likeness (QED) is 0.144. The lowest BCUT2D eigenvalue weighted by Crippen LogP contribution is -2.69. The van der Waals surface area contributed by atoms with Crippen molar-refractivity contribution in [2.45, 2.75) is 103 Å². The first-order chi connectivity index (χ1) is 20.0. The van der Waals surface area contributed by atoms with E-state index in [1.165, 1.54) is 0 Å². The Bertz CT molecular complexity index is 1090. The topological polar surface area (TPSA) is 231 Å². The van der Waals surface area contributed by atoms with E-state index < -0.39 is 109 Å². The second-order valence-corrected chi connectivity index (χ2v) is 10.3. The molecule has 242 valence electrons. The SMILES string of the molecule is CC(=O)N[C@H]1[C@H](O[C@@H]2[C@@H](OC(C)=O)[C@@H](OC(C)=O)[C@@H](C(N)=O)O[C@@H]2CBr)O[C@H](COC(C)=O)[C@@H](OC(C)=O)[C@@H]1OC(C)=O. The molecule has 2 heterocycles. The summed E-state index contributed by atoms with van der Waals surface area (Å²) in [6, 6.07) is -1.38. The maximum atomic E-state index is 12.3. The summed E-state index contributed by atoms with van der Waals surface area (Å²) in [7, 11) is 0. The Morgan fingerprint density at radius 2 is 1.19 bits per heavy atom. The van der Waals surface area contributed by atoms with Crippen molar-refractivity contribution < 1.29 is 71.5 Å². The average molecular weight is 683 g/mol.